The number of benzene rings is 2. The van der Waals surface area contributed by atoms with E-state index in [0.717, 1.165) is 18.2 Å². The van der Waals surface area contributed by atoms with Gasteiger partial charge >= 0.3 is 0 Å². The summed E-state index contributed by atoms with van der Waals surface area (Å²) < 4.78 is 26.2. The minimum Gasteiger partial charge on any atom is -0.399 e. The topological polar surface area (TPSA) is 128 Å². The molecule has 12 heteroatoms. The van der Waals surface area contributed by atoms with Gasteiger partial charge in [-0.2, -0.15) is 4.98 Å². The van der Waals surface area contributed by atoms with Crippen LogP contribution in [0.5, 0.6) is 0 Å². The van der Waals surface area contributed by atoms with E-state index in [1.54, 1.807) is 48.5 Å². The van der Waals surface area contributed by atoms with E-state index in [0.29, 0.717) is 17.1 Å². The van der Waals surface area contributed by atoms with Crippen molar-refractivity contribution in [3.63, 3.8) is 0 Å². The SMILES string of the molecule is Fc1c(Cl)ncnc1Cl.Nc1ccc(Nc2ncc(F)c(Nc3ccc(N)cc3)n2)cc1. The summed E-state index contributed by atoms with van der Waals surface area (Å²) in [5.41, 5.74) is 14.0. The monoisotopic (exact) mass is 476 g/mol. The Morgan fingerprint density at radius 3 is 1.72 bits per heavy atom. The molecule has 4 rings (SSSR count). The zero-order chi connectivity index (χ0) is 23.1. The highest BCUT2D eigenvalue weighted by Gasteiger charge is 2.08. The number of anilines is 6. The highest BCUT2D eigenvalue weighted by atomic mass is 35.5. The number of aromatic nitrogens is 4. The van der Waals surface area contributed by atoms with Crippen molar-refractivity contribution in [3.05, 3.63) is 83.0 Å². The van der Waals surface area contributed by atoms with E-state index < -0.39 is 11.6 Å². The van der Waals surface area contributed by atoms with E-state index in [2.05, 4.69) is 30.6 Å². The number of nitrogens with zero attached hydrogens (tertiary/aromatic N) is 4. The van der Waals surface area contributed by atoms with Crippen molar-refractivity contribution in [1.82, 2.24) is 19.9 Å². The fourth-order valence-corrected chi connectivity index (χ4v) is 2.56. The molecular formula is C20H16Cl2F2N8. The average molecular weight is 477 g/mol. The second-order valence-electron chi connectivity index (χ2n) is 6.15. The molecule has 0 aliphatic rings. The molecule has 0 atom stereocenters. The number of nitrogen functional groups attached to an aromatic ring is 2. The first kappa shape index (κ1) is 22.9. The quantitative estimate of drug-likeness (QED) is 0.234. The van der Waals surface area contributed by atoms with Gasteiger partial charge in [-0.3, -0.25) is 0 Å². The maximum atomic E-state index is 13.9. The van der Waals surface area contributed by atoms with Gasteiger partial charge in [-0.15, -0.1) is 0 Å². The first-order valence-corrected chi connectivity index (χ1v) is 9.66. The van der Waals surface area contributed by atoms with Crippen LogP contribution in [0.1, 0.15) is 0 Å². The Bertz CT molecular complexity index is 1170. The second-order valence-corrected chi connectivity index (χ2v) is 6.87. The Labute approximate surface area is 191 Å². The molecule has 0 spiro atoms. The molecule has 164 valence electrons. The second kappa shape index (κ2) is 10.5. The van der Waals surface area contributed by atoms with Crippen LogP contribution in [0.25, 0.3) is 0 Å². The lowest BCUT2D eigenvalue weighted by Crippen LogP contribution is -2.03. The Hall–Kier alpha value is -3.76. The van der Waals surface area contributed by atoms with Crippen molar-refractivity contribution in [2.45, 2.75) is 0 Å². The standard InChI is InChI=1S/C16H15FN6.C4HCl2FN2/c17-14-9-20-16(22-13-7-3-11(19)4-8-13)23-15(14)21-12-5-1-10(18)2-6-12;5-3-2(7)4(6)9-1-8-3/h1-9H,18-19H2,(H2,20,21,22,23);1H. The Morgan fingerprint density at radius 1 is 0.719 bits per heavy atom. The molecule has 0 bridgehead atoms. The summed E-state index contributed by atoms with van der Waals surface area (Å²) in [6.45, 7) is 0. The third-order valence-corrected chi connectivity index (χ3v) is 4.32. The molecule has 0 unspecified atom stereocenters. The number of halogens is 4. The summed E-state index contributed by atoms with van der Waals surface area (Å²) in [4.78, 5) is 14.7. The van der Waals surface area contributed by atoms with Crippen LogP contribution in [0.4, 0.5) is 43.3 Å². The van der Waals surface area contributed by atoms with Gasteiger partial charge in [0.25, 0.3) is 0 Å². The molecule has 0 aliphatic heterocycles. The van der Waals surface area contributed by atoms with Gasteiger partial charge in [-0.1, -0.05) is 23.2 Å². The lowest BCUT2D eigenvalue weighted by atomic mass is 10.3. The Morgan fingerprint density at radius 2 is 1.22 bits per heavy atom. The summed E-state index contributed by atoms with van der Waals surface area (Å²) in [7, 11) is 0. The molecule has 0 aliphatic carbocycles. The van der Waals surface area contributed by atoms with E-state index in [4.69, 9.17) is 34.7 Å². The predicted molar refractivity (Wildman–Crippen MR) is 122 cm³/mol. The van der Waals surface area contributed by atoms with E-state index >= 15 is 0 Å². The van der Waals surface area contributed by atoms with Crippen molar-refractivity contribution < 1.29 is 8.78 Å². The largest absolute Gasteiger partial charge is 0.399 e. The van der Waals surface area contributed by atoms with Gasteiger partial charge in [0.2, 0.25) is 5.95 Å². The van der Waals surface area contributed by atoms with E-state index in [1.165, 1.54) is 0 Å². The number of hydrogen-bond donors (Lipinski definition) is 4. The first-order valence-electron chi connectivity index (χ1n) is 8.91. The average Bonchev–Trinajstić information content (AvgIpc) is 2.78. The molecule has 2 aromatic carbocycles. The van der Waals surface area contributed by atoms with E-state index in [9.17, 15) is 8.78 Å². The number of nitrogens with two attached hydrogens (primary N) is 2. The molecule has 8 nitrogen and oxygen atoms in total. The normalized spacial score (nSPS) is 10.1. The van der Waals surface area contributed by atoms with Crippen molar-refractivity contribution in [2.75, 3.05) is 22.1 Å². The van der Waals surface area contributed by atoms with Crippen LogP contribution >= 0.6 is 23.2 Å². The first-order chi connectivity index (χ1) is 15.3. The van der Waals surface area contributed by atoms with Crippen LogP contribution in [-0.4, -0.2) is 19.9 Å². The van der Waals surface area contributed by atoms with Gasteiger partial charge in [0.15, 0.2) is 27.8 Å². The molecular weight excluding hydrogens is 461 g/mol. The molecule has 32 heavy (non-hydrogen) atoms. The zero-order valence-electron chi connectivity index (χ0n) is 16.2. The van der Waals surface area contributed by atoms with Crippen molar-refractivity contribution >= 4 is 57.7 Å². The maximum absolute atomic E-state index is 13.9. The predicted octanol–water partition coefficient (Wildman–Crippen LogP) is 5.19. The zero-order valence-corrected chi connectivity index (χ0v) is 17.7. The van der Waals surface area contributed by atoms with Gasteiger partial charge < -0.3 is 22.1 Å². The van der Waals surface area contributed by atoms with Gasteiger partial charge in [-0.05, 0) is 48.5 Å². The number of rotatable bonds is 4. The Kier molecular flexibility index (Phi) is 7.53. The summed E-state index contributed by atoms with van der Waals surface area (Å²) >= 11 is 10.4. The summed E-state index contributed by atoms with van der Waals surface area (Å²) in [5, 5.41) is 5.37. The smallest absolute Gasteiger partial charge is 0.229 e. The summed E-state index contributed by atoms with van der Waals surface area (Å²) in [6, 6.07) is 14.0. The van der Waals surface area contributed by atoms with Crippen LogP contribution in [0.2, 0.25) is 10.3 Å². The highest BCUT2D eigenvalue weighted by Crippen LogP contribution is 2.21. The molecule has 6 N–H and O–H groups in total. The number of hydrogen-bond acceptors (Lipinski definition) is 8. The Balaban J connectivity index is 0.000000269. The molecule has 2 heterocycles. The molecule has 2 aromatic heterocycles. The molecule has 0 saturated carbocycles. The van der Waals surface area contributed by atoms with Crippen LogP contribution in [0, 0.1) is 11.6 Å². The van der Waals surface area contributed by atoms with E-state index in [-0.39, 0.29) is 22.1 Å². The molecule has 0 amide bonds. The van der Waals surface area contributed by atoms with Crippen LogP contribution in [-0.2, 0) is 0 Å². The van der Waals surface area contributed by atoms with Crippen LogP contribution in [0.3, 0.4) is 0 Å². The van der Waals surface area contributed by atoms with Gasteiger partial charge in [-0.25, -0.2) is 23.7 Å². The fourth-order valence-electron chi connectivity index (χ4n) is 2.24. The lowest BCUT2D eigenvalue weighted by molar-refractivity contribution is 0.614. The maximum Gasteiger partial charge on any atom is 0.229 e. The van der Waals surface area contributed by atoms with Crippen molar-refractivity contribution in [3.8, 4) is 0 Å². The van der Waals surface area contributed by atoms with Gasteiger partial charge in [0, 0.05) is 22.7 Å². The molecule has 4 aromatic rings. The minimum atomic E-state index is -0.777. The van der Waals surface area contributed by atoms with Gasteiger partial charge in [0.05, 0.1) is 6.20 Å². The van der Waals surface area contributed by atoms with Crippen LogP contribution in [0.15, 0.2) is 61.1 Å². The lowest BCUT2D eigenvalue weighted by Gasteiger charge is -2.10. The summed E-state index contributed by atoms with van der Waals surface area (Å²) in [5.74, 6) is -0.984. The molecule has 0 radical (unpaired) electrons. The van der Waals surface area contributed by atoms with Crippen molar-refractivity contribution in [2.24, 2.45) is 0 Å². The van der Waals surface area contributed by atoms with Crippen molar-refractivity contribution in [1.29, 1.82) is 0 Å². The third-order valence-electron chi connectivity index (χ3n) is 3.79. The van der Waals surface area contributed by atoms with Gasteiger partial charge in [0.1, 0.15) is 6.33 Å². The third kappa shape index (κ3) is 6.37. The molecule has 0 fully saturated rings. The van der Waals surface area contributed by atoms with Crippen LogP contribution < -0.4 is 22.1 Å². The minimum absolute atomic E-state index is 0.0720. The molecule has 0 saturated heterocycles. The fraction of sp³-hybridized carbons (Fsp3) is 0. The van der Waals surface area contributed by atoms with E-state index in [1.807, 2.05) is 0 Å². The summed E-state index contributed by atoms with van der Waals surface area (Å²) in [6.07, 6.45) is 2.19. The highest BCUT2D eigenvalue weighted by molar-refractivity contribution is 6.33. The number of nitrogens with one attached hydrogen (secondary N) is 2.